The van der Waals surface area contributed by atoms with Gasteiger partial charge in [-0.15, -0.1) is 6.58 Å². The molecule has 0 spiro atoms. The molecule has 0 bridgehead atoms. The van der Waals surface area contributed by atoms with Gasteiger partial charge in [0.15, 0.2) is 0 Å². The second-order valence-corrected chi connectivity index (χ2v) is 5.80. The smallest absolute Gasteiger partial charge is 0.0712 e. The highest BCUT2D eigenvalue weighted by Gasteiger charge is 2.23. The maximum Gasteiger partial charge on any atom is 0.0712 e. The van der Waals surface area contributed by atoms with Crippen molar-refractivity contribution >= 4 is 10.9 Å². The molecule has 3 nitrogen and oxygen atoms in total. The van der Waals surface area contributed by atoms with Gasteiger partial charge in [0.1, 0.15) is 0 Å². The highest BCUT2D eigenvalue weighted by molar-refractivity contribution is 5.81. The first kappa shape index (κ1) is 14.8. The summed E-state index contributed by atoms with van der Waals surface area (Å²) in [5, 5.41) is 9.44. The lowest BCUT2D eigenvalue weighted by Crippen LogP contribution is -2.32. The molecule has 1 atom stereocenters. The van der Waals surface area contributed by atoms with Crippen LogP contribution in [0, 0.1) is 5.41 Å². The van der Waals surface area contributed by atoms with Crippen molar-refractivity contribution in [2.45, 2.75) is 26.7 Å². The van der Waals surface area contributed by atoms with E-state index in [0.717, 1.165) is 31.6 Å². The summed E-state index contributed by atoms with van der Waals surface area (Å²) in [6.07, 6.45) is 4.12. The van der Waals surface area contributed by atoms with Gasteiger partial charge in [0.25, 0.3) is 0 Å². The summed E-state index contributed by atoms with van der Waals surface area (Å²) in [6, 6.07) is 8.41. The highest BCUT2D eigenvalue weighted by atomic mass is 15.3. The Morgan fingerprint density at radius 3 is 2.85 bits per heavy atom. The molecule has 2 rings (SSSR count). The normalized spacial score (nSPS) is 14.3. The second-order valence-electron chi connectivity index (χ2n) is 5.80. The lowest BCUT2D eigenvalue weighted by molar-refractivity contribution is 0.387. The van der Waals surface area contributed by atoms with Gasteiger partial charge in [-0.25, -0.2) is 0 Å². The molecule has 3 heteroatoms. The number of aryl methyl sites for hydroxylation is 1. The van der Waals surface area contributed by atoms with Gasteiger partial charge >= 0.3 is 0 Å². The van der Waals surface area contributed by atoms with E-state index in [1.807, 2.05) is 11.7 Å². The molecule has 0 fully saturated rings. The van der Waals surface area contributed by atoms with E-state index in [4.69, 9.17) is 5.10 Å². The fourth-order valence-corrected chi connectivity index (χ4v) is 2.56. The van der Waals surface area contributed by atoms with Crippen LogP contribution >= 0.6 is 0 Å². The summed E-state index contributed by atoms with van der Waals surface area (Å²) in [4.78, 5) is 0. The van der Waals surface area contributed by atoms with Crippen molar-refractivity contribution in [3.8, 4) is 0 Å². The number of hydrogen-bond acceptors (Lipinski definition) is 2. The Morgan fingerprint density at radius 1 is 1.40 bits per heavy atom. The van der Waals surface area contributed by atoms with Crippen LogP contribution in [0.4, 0.5) is 0 Å². The number of nitrogens with zero attached hydrogens (tertiary/aromatic N) is 2. The van der Waals surface area contributed by atoms with Gasteiger partial charge in [-0.1, -0.05) is 38.1 Å². The molecule has 1 aromatic carbocycles. The molecule has 108 valence electrons. The molecular weight excluding hydrogens is 246 g/mol. The average Bonchev–Trinajstić information content (AvgIpc) is 2.76. The molecule has 0 aliphatic rings. The standard InChI is InChI=1S/C17H25N3/c1-5-11-18-13-17(3,6-2)12-15-14-9-7-8-10-16(14)20(4)19-15/h6-10,18H,2,5,11-13H2,1,3-4H3. The number of aromatic nitrogens is 2. The van der Waals surface area contributed by atoms with Gasteiger partial charge in [0.05, 0.1) is 11.2 Å². The van der Waals surface area contributed by atoms with E-state index in [0.29, 0.717) is 0 Å². The minimum absolute atomic E-state index is 0.0340. The van der Waals surface area contributed by atoms with Crippen molar-refractivity contribution in [1.82, 2.24) is 15.1 Å². The summed E-state index contributed by atoms with van der Waals surface area (Å²) in [5.41, 5.74) is 2.38. The third-order valence-electron chi connectivity index (χ3n) is 3.85. The first-order valence-electron chi connectivity index (χ1n) is 7.34. The van der Waals surface area contributed by atoms with Gasteiger partial charge in [-0.05, 0) is 19.0 Å². The zero-order chi connectivity index (χ0) is 14.6. The molecule has 0 amide bonds. The van der Waals surface area contributed by atoms with Crippen LogP contribution in [-0.2, 0) is 13.5 Å². The molecular formula is C17H25N3. The van der Waals surface area contributed by atoms with Crippen LogP contribution in [0.25, 0.3) is 10.9 Å². The van der Waals surface area contributed by atoms with Crippen LogP contribution in [0.15, 0.2) is 36.9 Å². The van der Waals surface area contributed by atoms with Crippen LogP contribution < -0.4 is 5.32 Å². The number of benzene rings is 1. The van der Waals surface area contributed by atoms with Gasteiger partial charge in [-0.2, -0.15) is 5.10 Å². The summed E-state index contributed by atoms with van der Waals surface area (Å²) < 4.78 is 1.97. The third kappa shape index (κ3) is 3.10. The quantitative estimate of drug-likeness (QED) is 0.618. The maximum atomic E-state index is 4.69. The minimum atomic E-state index is 0.0340. The monoisotopic (exact) mass is 271 g/mol. The molecule has 1 N–H and O–H groups in total. The van der Waals surface area contributed by atoms with Gasteiger partial charge in [-0.3, -0.25) is 4.68 Å². The van der Waals surface area contributed by atoms with Crippen molar-refractivity contribution < 1.29 is 0 Å². The zero-order valence-corrected chi connectivity index (χ0v) is 12.8. The van der Waals surface area contributed by atoms with E-state index in [1.54, 1.807) is 0 Å². The number of fused-ring (bicyclic) bond motifs is 1. The molecule has 1 aromatic heterocycles. The molecule has 0 aliphatic carbocycles. The Kier molecular flexibility index (Phi) is 4.61. The highest BCUT2D eigenvalue weighted by Crippen LogP contribution is 2.27. The molecule has 0 saturated carbocycles. The predicted molar refractivity (Wildman–Crippen MR) is 85.9 cm³/mol. The van der Waals surface area contributed by atoms with E-state index in [1.165, 1.54) is 10.9 Å². The fourth-order valence-electron chi connectivity index (χ4n) is 2.56. The van der Waals surface area contributed by atoms with E-state index in [2.05, 4.69) is 56.1 Å². The average molecular weight is 271 g/mol. The first-order chi connectivity index (χ1) is 9.59. The molecule has 1 heterocycles. The van der Waals surface area contributed by atoms with Crippen LogP contribution in [0.5, 0.6) is 0 Å². The summed E-state index contributed by atoms with van der Waals surface area (Å²) >= 11 is 0. The number of rotatable bonds is 7. The zero-order valence-electron chi connectivity index (χ0n) is 12.8. The van der Waals surface area contributed by atoms with Crippen molar-refractivity contribution in [3.05, 3.63) is 42.6 Å². The SMILES string of the molecule is C=CC(C)(CNCCC)Cc1nn(C)c2ccccc12. The van der Waals surface area contributed by atoms with Crippen LogP contribution in [0.2, 0.25) is 0 Å². The fraction of sp³-hybridized carbons (Fsp3) is 0.471. The summed E-state index contributed by atoms with van der Waals surface area (Å²) in [7, 11) is 2.01. The lowest BCUT2D eigenvalue weighted by atomic mass is 9.84. The van der Waals surface area contributed by atoms with E-state index < -0.39 is 0 Å². The number of hydrogen-bond donors (Lipinski definition) is 1. The minimum Gasteiger partial charge on any atom is -0.316 e. The second kappa shape index (κ2) is 6.23. The Bertz CT molecular complexity index is 585. The van der Waals surface area contributed by atoms with E-state index >= 15 is 0 Å². The van der Waals surface area contributed by atoms with Crippen molar-refractivity contribution in [2.75, 3.05) is 13.1 Å². The first-order valence-corrected chi connectivity index (χ1v) is 7.34. The molecule has 0 aliphatic heterocycles. The third-order valence-corrected chi connectivity index (χ3v) is 3.85. The van der Waals surface area contributed by atoms with Crippen LogP contribution in [0.1, 0.15) is 26.0 Å². The summed E-state index contributed by atoms with van der Waals surface area (Å²) in [6.45, 7) is 10.4. The molecule has 2 aromatic rings. The number of nitrogens with one attached hydrogen (secondary N) is 1. The lowest BCUT2D eigenvalue weighted by Gasteiger charge is -2.25. The van der Waals surface area contributed by atoms with E-state index in [-0.39, 0.29) is 5.41 Å². The van der Waals surface area contributed by atoms with E-state index in [9.17, 15) is 0 Å². The Labute approximate surface area is 121 Å². The molecule has 0 radical (unpaired) electrons. The van der Waals surface area contributed by atoms with Crippen molar-refractivity contribution in [1.29, 1.82) is 0 Å². The Balaban J connectivity index is 2.23. The van der Waals surface area contributed by atoms with Gasteiger partial charge in [0.2, 0.25) is 0 Å². The summed E-state index contributed by atoms with van der Waals surface area (Å²) in [5.74, 6) is 0. The molecule has 20 heavy (non-hydrogen) atoms. The predicted octanol–water partition coefficient (Wildman–Crippen LogP) is 3.31. The molecule has 0 saturated heterocycles. The largest absolute Gasteiger partial charge is 0.316 e. The van der Waals surface area contributed by atoms with Gasteiger partial charge < -0.3 is 5.32 Å². The Hall–Kier alpha value is -1.61. The van der Waals surface area contributed by atoms with Crippen LogP contribution in [-0.4, -0.2) is 22.9 Å². The number of para-hydroxylation sites is 1. The molecule has 1 unspecified atom stereocenters. The van der Waals surface area contributed by atoms with Crippen molar-refractivity contribution in [3.63, 3.8) is 0 Å². The maximum absolute atomic E-state index is 4.69. The van der Waals surface area contributed by atoms with Gasteiger partial charge in [0, 0.05) is 30.8 Å². The van der Waals surface area contributed by atoms with Crippen molar-refractivity contribution in [2.24, 2.45) is 12.5 Å². The van der Waals surface area contributed by atoms with Crippen LogP contribution in [0.3, 0.4) is 0 Å². The topological polar surface area (TPSA) is 29.9 Å². The Morgan fingerprint density at radius 2 is 2.15 bits per heavy atom.